The van der Waals surface area contributed by atoms with E-state index in [-0.39, 0.29) is 18.0 Å². The third-order valence-corrected chi connectivity index (χ3v) is 3.45. The van der Waals surface area contributed by atoms with Crippen LogP contribution in [0.4, 0.5) is 0 Å². The minimum Gasteiger partial charge on any atom is -0.507 e. The summed E-state index contributed by atoms with van der Waals surface area (Å²) in [5.74, 6) is 1.57. The van der Waals surface area contributed by atoms with Crippen LogP contribution >= 0.6 is 0 Å². The highest BCUT2D eigenvalue weighted by Crippen LogP contribution is 2.37. The Kier molecular flexibility index (Phi) is 3.66. The molecule has 0 amide bonds. The highest BCUT2D eigenvalue weighted by Gasteiger charge is 2.18. The second kappa shape index (κ2) is 5.06. The molecule has 0 bridgehead atoms. The van der Waals surface area contributed by atoms with Crippen LogP contribution in [0.1, 0.15) is 32.8 Å². The van der Waals surface area contributed by atoms with Crippen LogP contribution in [0.25, 0.3) is 0 Å². The number of nitrogens with one attached hydrogen (secondary N) is 1. The summed E-state index contributed by atoms with van der Waals surface area (Å²) < 4.78 is 10.5. The Bertz CT molecular complexity index is 429. The maximum Gasteiger partial charge on any atom is 0.231 e. The van der Waals surface area contributed by atoms with E-state index in [1.54, 1.807) is 6.07 Å². The number of hydrogen-bond acceptors (Lipinski definition) is 4. The molecule has 4 nitrogen and oxygen atoms in total. The average Bonchev–Trinajstić information content (AvgIpc) is 2.76. The molecule has 0 fully saturated rings. The molecule has 1 heterocycles. The lowest BCUT2D eigenvalue weighted by atomic mass is 9.90. The summed E-state index contributed by atoms with van der Waals surface area (Å²) in [6, 6.07) is 3.45. The van der Waals surface area contributed by atoms with Crippen LogP contribution in [-0.2, 0) is 6.54 Å². The van der Waals surface area contributed by atoms with E-state index in [4.69, 9.17) is 9.47 Å². The lowest BCUT2D eigenvalue weighted by molar-refractivity contribution is 0.174. The molecule has 0 radical (unpaired) electrons. The Morgan fingerprint density at radius 1 is 1.28 bits per heavy atom. The molecule has 0 spiro atoms. The number of phenolic OH excluding ortho intramolecular Hbond substituents is 1. The molecular formula is C14H21NO3. The number of rotatable bonds is 5. The first kappa shape index (κ1) is 13.0. The van der Waals surface area contributed by atoms with Crippen molar-refractivity contribution in [1.82, 2.24) is 5.32 Å². The van der Waals surface area contributed by atoms with E-state index in [0.717, 1.165) is 18.5 Å². The van der Waals surface area contributed by atoms with Crippen molar-refractivity contribution in [2.45, 2.75) is 33.7 Å². The van der Waals surface area contributed by atoms with Gasteiger partial charge in [0.05, 0.1) is 0 Å². The molecule has 18 heavy (non-hydrogen) atoms. The summed E-state index contributed by atoms with van der Waals surface area (Å²) in [6.45, 7) is 8.40. The van der Waals surface area contributed by atoms with Gasteiger partial charge in [0.2, 0.25) is 6.79 Å². The van der Waals surface area contributed by atoms with Crippen molar-refractivity contribution in [3.05, 3.63) is 17.7 Å². The van der Waals surface area contributed by atoms with Gasteiger partial charge in [0.1, 0.15) is 5.75 Å². The number of hydrogen-bond donors (Lipinski definition) is 2. The van der Waals surface area contributed by atoms with E-state index in [2.05, 4.69) is 26.1 Å². The number of fused-ring (bicyclic) bond motifs is 1. The van der Waals surface area contributed by atoms with Gasteiger partial charge in [0, 0.05) is 24.7 Å². The van der Waals surface area contributed by atoms with Crippen LogP contribution in [0.5, 0.6) is 17.2 Å². The molecule has 1 aromatic carbocycles. The first-order valence-electron chi connectivity index (χ1n) is 6.34. The van der Waals surface area contributed by atoms with Crippen LogP contribution in [0.3, 0.4) is 0 Å². The Labute approximate surface area is 108 Å². The maximum atomic E-state index is 9.89. The number of benzene rings is 1. The molecule has 0 saturated heterocycles. The molecule has 0 aromatic heterocycles. The monoisotopic (exact) mass is 251 g/mol. The Morgan fingerprint density at radius 3 is 2.61 bits per heavy atom. The van der Waals surface area contributed by atoms with Gasteiger partial charge in [-0.25, -0.2) is 0 Å². The topological polar surface area (TPSA) is 50.7 Å². The normalized spacial score (nSPS) is 13.9. The van der Waals surface area contributed by atoms with Crippen molar-refractivity contribution in [3.63, 3.8) is 0 Å². The first-order valence-corrected chi connectivity index (χ1v) is 6.34. The third kappa shape index (κ3) is 2.88. The molecule has 0 saturated carbocycles. The fourth-order valence-corrected chi connectivity index (χ4v) is 1.78. The summed E-state index contributed by atoms with van der Waals surface area (Å²) in [5.41, 5.74) is 1.11. The smallest absolute Gasteiger partial charge is 0.231 e. The standard InChI is InChI=1S/C14H21NO3/c1-4-14(2,3)8-15-7-10-5-12-13(6-11(10)16)18-9-17-12/h5-6,15-16H,4,7-9H2,1-3H3. The lowest BCUT2D eigenvalue weighted by Gasteiger charge is -2.23. The van der Waals surface area contributed by atoms with Crippen LogP contribution in [0.2, 0.25) is 0 Å². The molecule has 4 heteroatoms. The molecule has 100 valence electrons. The highest BCUT2D eigenvalue weighted by molar-refractivity contribution is 5.51. The minimum absolute atomic E-state index is 0.231. The molecule has 0 atom stereocenters. The van der Waals surface area contributed by atoms with Gasteiger partial charge in [-0.3, -0.25) is 0 Å². The largest absolute Gasteiger partial charge is 0.507 e. The third-order valence-electron chi connectivity index (χ3n) is 3.45. The minimum atomic E-state index is 0.231. The van der Waals surface area contributed by atoms with Crippen LogP contribution in [0, 0.1) is 5.41 Å². The first-order chi connectivity index (χ1) is 8.52. The van der Waals surface area contributed by atoms with Gasteiger partial charge in [-0.05, 0) is 17.9 Å². The molecule has 2 rings (SSSR count). The van der Waals surface area contributed by atoms with E-state index in [1.165, 1.54) is 0 Å². The average molecular weight is 251 g/mol. The van der Waals surface area contributed by atoms with Gasteiger partial charge >= 0.3 is 0 Å². The zero-order chi connectivity index (χ0) is 13.2. The van der Waals surface area contributed by atoms with Gasteiger partial charge < -0.3 is 19.9 Å². The highest BCUT2D eigenvalue weighted by atomic mass is 16.7. The fraction of sp³-hybridized carbons (Fsp3) is 0.571. The predicted octanol–water partition coefficient (Wildman–Crippen LogP) is 2.65. The Balaban J connectivity index is 1.98. The van der Waals surface area contributed by atoms with Gasteiger partial charge in [-0.2, -0.15) is 0 Å². The summed E-state index contributed by atoms with van der Waals surface area (Å²) in [6.07, 6.45) is 1.12. The summed E-state index contributed by atoms with van der Waals surface area (Å²) in [5, 5.41) is 13.3. The molecule has 1 aliphatic heterocycles. The van der Waals surface area contributed by atoms with Crippen molar-refractivity contribution in [2.75, 3.05) is 13.3 Å². The Hall–Kier alpha value is -1.42. The second-order valence-corrected chi connectivity index (χ2v) is 5.46. The second-order valence-electron chi connectivity index (χ2n) is 5.46. The van der Waals surface area contributed by atoms with Crippen molar-refractivity contribution >= 4 is 0 Å². The lowest BCUT2D eigenvalue weighted by Crippen LogP contribution is -2.28. The zero-order valence-corrected chi connectivity index (χ0v) is 11.2. The SMILES string of the molecule is CCC(C)(C)CNCc1cc2c(cc1O)OCO2. The van der Waals surface area contributed by atoms with Gasteiger partial charge in [-0.1, -0.05) is 20.8 Å². The number of ether oxygens (including phenoxy) is 2. The van der Waals surface area contributed by atoms with E-state index in [9.17, 15) is 5.11 Å². The molecule has 1 aromatic rings. The summed E-state index contributed by atoms with van der Waals surface area (Å²) in [7, 11) is 0. The molecule has 2 N–H and O–H groups in total. The fourth-order valence-electron chi connectivity index (χ4n) is 1.78. The van der Waals surface area contributed by atoms with Gasteiger partial charge in [-0.15, -0.1) is 0 Å². The van der Waals surface area contributed by atoms with Crippen molar-refractivity contribution in [1.29, 1.82) is 0 Å². The predicted molar refractivity (Wildman–Crippen MR) is 70.0 cm³/mol. The van der Waals surface area contributed by atoms with Gasteiger partial charge in [0.25, 0.3) is 0 Å². The van der Waals surface area contributed by atoms with Crippen molar-refractivity contribution in [2.24, 2.45) is 5.41 Å². The number of aromatic hydroxyl groups is 1. The van der Waals surface area contributed by atoms with E-state index >= 15 is 0 Å². The molecule has 0 unspecified atom stereocenters. The van der Waals surface area contributed by atoms with E-state index < -0.39 is 0 Å². The van der Waals surface area contributed by atoms with Crippen LogP contribution in [0.15, 0.2) is 12.1 Å². The van der Waals surface area contributed by atoms with E-state index in [0.29, 0.717) is 18.0 Å². The van der Waals surface area contributed by atoms with E-state index in [1.807, 2.05) is 6.07 Å². The van der Waals surface area contributed by atoms with Crippen LogP contribution in [-0.4, -0.2) is 18.4 Å². The summed E-state index contributed by atoms with van der Waals surface area (Å²) in [4.78, 5) is 0. The van der Waals surface area contributed by atoms with Crippen molar-refractivity contribution < 1.29 is 14.6 Å². The zero-order valence-electron chi connectivity index (χ0n) is 11.2. The molecule has 1 aliphatic rings. The van der Waals surface area contributed by atoms with Crippen LogP contribution < -0.4 is 14.8 Å². The summed E-state index contributed by atoms with van der Waals surface area (Å²) >= 11 is 0. The van der Waals surface area contributed by atoms with Gasteiger partial charge in [0.15, 0.2) is 11.5 Å². The molecular weight excluding hydrogens is 230 g/mol. The Morgan fingerprint density at radius 2 is 1.94 bits per heavy atom. The number of phenols is 1. The van der Waals surface area contributed by atoms with Crippen molar-refractivity contribution in [3.8, 4) is 17.2 Å². The maximum absolute atomic E-state index is 9.89. The molecule has 0 aliphatic carbocycles. The quantitative estimate of drug-likeness (QED) is 0.844.